The van der Waals surface area contributed by atoms with Crippen LogP contribution in [0.25, 0.3) is 0 Å². The van der Waals surface area contributed by atoms with Gasteiger partial charge in [-0.3, -0.25) is 15.5 Å². The Morgan fingerprint density at radius 3 is 2.83 bits per heavy atom. The van der Waals surface area contributed by atoms with Gasteiger partial charge in [0.1, 0.15) is 6.61 Å². The molecule has 3 aromatic rings. The largest absolute Gasteiger partial charge is 0.493 e. The molecule has 0 atom stereocenters. The molecule has 0 aliphatic rings. The zero-order chi connectivity index (χ0) is 21.5. The van der Waals surface area contributed by atoms with Crippen molar-refractivity contribution < 1.29 is 14.4 Å². The smallest absolute Gasteiger partial charge is 0.313 e. The number of aromatic nitrogens is 1. The average Bonchev–Trinajstić information content (AvgIpc) is 2.73. The molecule has 154 valence electrons. The summed E-state index contributed by atoms with van der Waals surface area (Å²) in [5, 5.41) is 15.4. The molecule has 1 aromatic heterocycles. The molecule has 0 saturated heterocycles. The molecule has 0 radical (unpaired) electrons. The average molecular weight is 427 g/mol. The van der Waals surface area contributed by atoms with Gasteiger partial charge in [-0.1, -0.05) is 41.4 Å². The van der Waals surface area contributed by atoms with E-state index in [4.69, 9.17) is 21.1 Å². The number of hydrogen-bond acceptors (Lipinski definition) is 7. The third-order valence-corrected chi connectivity index (χ3v) is 4.37. The van der Waals surface area contributed by atoms with Crippen LogP contribution in [0.15, 0.2) is 59.8 Å². The molecule has 0 saturated carbocycles. The summed E-state index contributed by atoms with van der Waals surface area (Å²) in [6.07, 6.45) is 2.89. The Balaban J connectivity index is 1.75. The number of anilines is 1. The Bertz CT molecular complexity index is 1090. The highest BCUT2D eigenvalue weighted by atomic mass is 35.5. The highest BCUT2D eigenvalue weighted by Crippen LogP contribution is 2.36. The summed E-state index contributed by atoms with van der Waals surface area (Å²) in [5.41, 5.74) is 5.16. The van der Waals surface area contributed by atoms with E-state index in [1.54, 1.807) is 12.1 Å². The van der Waals surface area contributed by atoms with Crippen LogP contribution in [0, 0.1) is 17.0 Å². The number of hydrazone groups is 1. The molecule has 30 heavy (non-hydrogen) atoms. The molecule has 8 nitrogen and oxygen atoms in total. The first-order valence-electron chi connectivity index (χ1n) is 8.92. The van der Waals surface area contributed by atoms with Crippen molar-refractivity contribution in [2.75, 3.05) is 12.5 Å². The summed E-state index contributed by atoms with van der Waals surface area (Å²) in [7, 11) is 1.52. The van der Waals surface area contributed by atoms with Crippen molar-refractivity contribution in [2.24, 2.45) is 5.10 Å². The van der Waals surface area contributed by atoms with Crippen LogP contribution in [-0.2, 0) is 6.61 Å². The Kier molecular flexibility index (Phi) is 6.82. The fourth-order valence-corrected chi connectivity index (χ4v) is 2.98. The normalized spacial score (nSPS) is 10.8. The standard InChI is InChI=1S/C21H19ClN4O4/c1-14-5-3-6-15(9-14)13-30-20-17(22)10-16(11-19(20)29-2)12-24-25-21-18(26(27)28)7-4-8-23-21/h3-12H,13H2,1-2H3,(H,23,25)/b24-12-. The number of benzene rings is 2. The SMILES string of the molecule is COc1cc(/C=N\Nc2ncccc2[N+](=O)[O-])cc(Cl)c1OCc1cccc(C)c1. The first kappa shape index (κ1) is 21.1. The second kappa shape index (κ2) is 9.71. The van der Waals surface area contributed by atoms with Gasteiger partial charge in [-0.2, -0.15) is 5.10 Å². The van der Waals surface area contributed by atoms with Gasteiger partial charge in [-0.05, 0) is 36.2 Å². The van der Waals surface area contributed by atoms with Crippen LogP contribution in [0.4, 0.5) is 11.5 Å². The lowest BCUT2D eigenvalue weighted by Crippen LogP contribution is -2.01. The van der Waals surface area contributed by atoms with Crippen LogP contribution < -0.4 is 14.9 Å². The molecule has 0 aliphatic heterocycles. The lowest BCUT2D eigenvalue weighted by molar-refractivity contribution is -0.384. The lowest BCUT2D eigenvalue weighted by Gasteiger charge is -2.13. The van der Waals surface area contributed by atoms with Gasteiger partial charge < -0.3 is 9.47 Å². The van der Waals surface area contributed by atoms with Crippen LogP contribution in [0.2, 0.25) is 5.02 Å². The minimum Gasteiger partial charge on any atom is -0.493 e. The third-order valence-electron chi connectivity index (χ3n) is 4.08. The molecule has 0 bridgehead atoms. The number of hydrogen-bond donors (Lipinski definition) is 1. The molecule has 0 amide bonds. The lowest BCUT2D eigenvalue weighted by atomic mass is 10.1. The van der Waals surface area contributed by atoms with Crippen molar-refractivity contribution in [3.8, 4) is 11.5 Å². The van der Waals surface area contributed by atoms with Crippen molar-refractivity contribution >= 4 is 29.3 Å². The van der Waals surface area contributed by atoms with Crippen molar-refractivity contribution in [1.82, 2.24) is 4.98 Å². The van der Waals surface area contributed by atoms with Crippen molar-refractivity contribution in [3.63, 3.8) is 0 Å². The first-order valence-corrected chi connectivity index (χ1v) is 9.30. The molecule has 1 N–H and O–H groups in total. The van der Waals surface area contributed by atoms with Gasteiger partial charge in [0.25, 0.3) is 0 Å². The van der Waals surface area contributed by atoms with E-state index in [0.29, 0.717) is 28.7 Å². The topological polar surface area (TPSA) is 98.9 Å². The second-order valence-electron chi connectivity index (χ2n) is 6.31. The van der Waals surface area contributed by atoms with Gasteiger partial charge in [-0.15, -0.1) is 0 Å². The van der Waals surface area contributed by atoms with Gasteiger partial charge in [0.05, 0.1) is 23.3 Å². The van der Waals surface area contributed by atoms with E-state index in [0.717, 1.165) is 11.1 Å². The number of nitrogens with zero attached hydrogens (tertiary/aromatic N) is 3. The molecule has 0 unspecified atom stereocenters. The number of pyridine rings is 1. The molecule has 9 heteroatoms. The molecular weight excluding hydrogens is 408 g/mol. The number of nitrogens with one attached hydrogen (secondary N) is 1. The number of halogens is 1. The van der Waals surface area contributed by atoms with E-state index in [9.17, 15) is 10.1 Å². The summed E-state index contributed by atoms with van der Waals surface area (Å²) in [6, 6.07) is 14.2. The number of methoxy groups -OCH3 is 1. The molecule has 2 aromatic carbocycles. The molecule has 3 rings (SSSR count). The predicted molar refractivity (Wildman–Crippen MR) is 116 cm³/mol. The van der Waals surface area contributed by atoms with Crippen molar-refractivity contribution in [3.05, 3.63) is 86.6 Å². The Labute approximate surface area is 178 Å². The maximum atomic E-state index is 11.0. The Morgan fingerprint density at radius 1 is 1.27 bits per heavy atom. The summed E-state index contributed by atoms with van der Waals surface area (Å²) >= 11 is 6.38. The molecular formula is C21H19ClN4O4. The predicted octanol–water partition coefficient (Wildman–Crippen LogP) is 4.99. The number of nitro groups is 1. The number of ether oxygens (including phenoxy) is 2. The zero-order valence-corrected chi connectivity index (χ0v) is 17.1. The molecule has 0 aliphatic carbocycles. The highest BCUT2D eigenvalue weighted by molar-refractivity contribution is 6.32. The fourth-order valence-electron chi connectivity index (χ4n) is 2.71. The van der Waals surface area contributed by atoms with Gasteiger partial charge >= 0.3 is 5.69 Å². The van der Waals surface area contributed by atoms with Crippen LogP contribution in [0.3, 0.4) is 0 Å². The molecule has 1 heterocycles. The first-order chi connectivity index (χ1) is 14.5. The van der Waals surface area contributed by atoms with Crippen LogP contribution in [0.1, 0.15) is 16.7 Å². The highest BCUT2D eigenvalue weighted by Gasteiger charge is 2.14. The monoisotopic (exact) mass is 426 g/mol. The maximum absolute atomic E-state index is 11.0. The maximum Gasteiger partial charge on any atom is 0.313 e. The summed E-state index contributed by atoms with van der Waals surface area (Å²) in [5.74, 6) is 0.904. The van der Waals surface area contributed by atoms with E-state index in [2.05, 4.69) is 15.5 Å². The van der Waals surface area contributed by atoms with Crippen LogP contribution >= 0.6 is 11.6 Å². The van der Waals surface area contributed by atoms with Crippen molar-refractivity contribution in [2.45, 2.75) is 13.5 Å². The fraction of sp³-hybridized carbons (Fsp3) is 0.143. The zero-order valence-electron chi connectivity index (χ0n) is 16.3. The van der Waals surface area contributed by atoms with E-state index in [1.807, 2.05) is 31.2 Å². The Hall–Kier alpha value is -3.65. The summed E-state index contributed by atoms with van der Waals surface area (Å²) < 4.78 is 11.3. The molecule has 0 spiro atoms. The van der Waals surface area contributed by atoms with Gasteiger partial charge in [-0.25, -0.2) is 4.98 Å². The minimum absolute atomic E-state index is 0.0370. The van der Waals surface area contributed by atoms with E-state index >= 15 is 0 Å². The quantitative estimate of drug-likeness (QED) is 0.309. The van der Waals surface area contributed by atoms with E-state index in [-0.39, 0.29) is 11.5 Å². The van der Waals surface area contributed by atoms with Crippen LogP contribution in [0.5, 0.6) is 11.5 Å². The molecule has 0 fully saturated rings. The minimum atomic E-state index is -0.537. The number of aryl methyl sites for hydroxylation is 1. The number of rotatable bonds is 8. The van der Waals surface area contributed by atoms with Gasteiger partial charge in [0.2, 0.25) is 5.82 Å². The summed E-state index contributed by atoms with van der Waals surface area (Å²) in [4.78, 5) is 14.4. The van der Waals surface area contributed by atoms with Crippen molar-refractivity contribution in [1.29, 1.82) is 0 Å². The van der Waals surface area contributed by atoms with E-state index < -0.39 is 4.92 Å². The van der Waals surface area contributed by atoms with Gasteiger partial charge in [0.15, 0.2) is 11.5 Å². The van der Waals surface area contributed by atoms with Crippen LogP contribution in [-0.4, -0.2) is 23.2 Å². The van der Waals surface area contributed by atoms with Gasteiger partial charge in [0, 0.05) is 12.3 Å². The Morgan fingerprint density at radius 2 is 2.10 bits per heavy atom. The summed E-state index contributed by atoms with van der Waals surface area (Å²) in [6.45, 7) is 2.36. The third kappa shape index (κ3) is 5.24. The van der Waals surface area contributed by atoms with E-state index in [1.165, 1.54) is 31.7 Å². The second-order valence-corrected chi connectivity index (χ2v) is 6.72.